The predicted octanol–water partition coefficient (Wildman–Crippen LogP) is 9.76. The first-order valence-corrected chi connectivity index (χ1v) is 15.0. The number of nitrogens with zero attached hydrogens (tertiary/aromatic N) is 4. The van der Waals surface area contributed by atoms with E-state index in [1.165, 1.54) is 11.1 Å². The van der Waals surface area contributed by atoms with Crippen molar-refractivity contribution < 1.29 is 0 Å². The van der Waals surface area contributed by atoms with Gasteiger partial charge in [0.25, 0.3) is 0 Å². The van der Waals surface area contributed by atoms with E-state index in [4.69, 9.17) is 9.97 Å². The molecule has 0 spiro atoms. The van der Waals surface area contributed by atoms with Crippen LogP contribution in [0, 0.1) is 0 Å². The molecular weight excluding hydrogens is 536 g/mol. The lowest BCUT2D eigenvalue weighted by atomic mass is 9.77. The fourth-order valence-electron chi connectivity index (χ4n) is 6.37. The Kier molecular flexibility index (Phi) is 6.09. The molecule has 0 aliphatic heterocycles. The fraction of sp³-hybridized carbons (Fsp3) is 0.0750. The van der Waals surface area contributed by atoms with Gasteiger partial charge >= 0.3 is 0 Å². The van der Waals surface area contributed by atoms with Gasteiger partial charge in [-0.15, -0.1) is 0 Å². The van der Waals surface area contributed by atoms with Crippen LogP contribution in [-0.2, 0) is 5.41 Å². The fourth-order valence-corrected chi connectivity index (χ4v) is 6.37. The first-order chi connectivity index (χ1) is 21.6. The molecular formula is C40H30N4. The van der Waals surface area contributed by atoms with Crippen LogP contribution in [0.25, 0.3) is 61.2 Å². The third-order valence-corrected chi connectivity index (χ3v) is 8.78. The van der Waals surface area contributed by atoms with Crippen molar-refractivity contribution in [2.24, 2.45) is 0 Å². The molecule has 210 valence electrons. The van der Waals surface area contributed by atoms with E-state index in [-0.39, 0.29) is 5.41 Å². The highest BCUT2D eigenvalue weighted by Crippen LogP contribution is 2.41. The molecule has 0 aliphatic carbocycles. The van der Waals surface area contributed by atoms with Crippen LogP contribution in [0.5, 0.6) is 0 Å². The summed E-state index contributed by atoms with van der Waals surface area (Å²) in [5.74, 6) is 0. The third kappa shape index (κ3) is 4.18. The lowest BCUT2D eigenvalue weighted by molar-refractivity contribution is 0.642. The molecule has 0 atom stereocenters. The highest BCUT2D eigenvalue weighted by Gasteiger charge is 2.26. The van der Waals surface area contributed by atoms with Gasteiger partial charge < -0.3 is 0 Å². The average Bonchev–Trinajstić information content (AvgIpc) is 3.51. The zero-order valence-electron chi connectivity index (χ0n) is 24.6. The maximum Gasteiger partial charge on any atom is 0.148 e. The molecule has 4 nitrogen and oxygen atoms in total. The molecule has 0 saturated heterocycles. The Morgan fingerprint density at radius 1 is 0.545 bits per heavy atom. The summed E-state index contributed by atoms with van der Waals surface area (Å²) < 4.78 is 2.33. The number of imidazole rings is 1. The minimum atomic E-state index is -0.262. The summed E-state index contributed by atoms with van der Waals surface area (Å²) in [5, 5.41) is 2.14. The quantitative estimate of drug-likeness (QED) is 0.195. The van der Waals surface area contributed by atoms with E-state index in [1.807, 2.05) is 36.7 Å². The summed E-state index contributed by atoms with van der Waals surface area (Å²) in [4.78, 5) is 14.8. The molecule has 4 heteroatoms. The molecule has 4 heterocycles. The Labute approximate surface area is 256 Å². The van der Waals surface area contributed by atoms with Crippen molar-refractivity contribution in [3.8, 4) is 33.8 Å². The van der Waals surface area contributed by atoms with Gasteiger partial charge in [0.2, 0.25) is 0 Å². The van der Waals surface area contributed by atoms with Gasteiger partial charge in [-0.2, -0.15) is 0 Å². The molecule has 0 fully saturated rings. The average molecular weight is 567 g/mol. The number of aromatic nitrogens is 4. The first-order valence-electron chi connectivity index (χ1n) is 15.0. The summed E-state index contributed by atoms with van der Waals surface area (Å²) in [6, 6.07) is 46.8. The standard InChI is InChI=1S/C40H30N4/c1-40(2,30-18-11-17-29(25-30)34-20-9-10-23-41-34)31-21-22-35-33(26-31)37-32(19-12-24-42-37)39-43-36(27-13-5-3-6-14-27)38(44(35)39)28-15-7-4-8-16-28/h3-26H,1-2H3. The smallest absolute Gasteiger partial charge is 0.148 e. The summed E-state index contributed by atoms with van der Waals surface area (Å²) in [6.07, 6.45) is 3.73. The monoisotopic (exact) mass is 566 g/mol. The second kappa shape index (κ2) is 10.3. The molecule has 0 radical (unpaired) electrons. The second-order valence-corrected chi connectivity index (χ2v) is 11.8. The Balaban J connectivity index is 1.40. The molecule has 44 heavy (non-hydrogen) atoms. The predicted molar refractivity (Wildman–Crippen MR) is 181 cm³/mol. The normalized spacial score (nSPS) is 11.9. The summed E-state index contributed by atoms with van der Waals surface area (Å²) >= 11 is 0. The molecule has 4 aromatic carbocycles. The molecule has 8 aromatic rings. The van der Waals surface area contributed by atoms with E-state index in [0.717, 1.165) is 61.2 Å². The number of benzene rings is 4. The van der Waals surface area contributed by atoms with Crippen LogP contribution in [0.3, 0.4) is 0 Å². The Morgan fingerprint density at radius 2 is 1.25 bits per heavy atom. The number of fused-ring (bicyclic) bond motifs is 6. The van der Waals surface area contributed by atoms with Gasteiger partial charge in [-0.3, -0.25) is 14.4 Å². The number of rotatable bonds is 5. The van der Waals surface area contributed by atoms with Crippen molar-refractivity contribution >= 4 is 27.5 Å². The minimum absolute atomic E-state index is 0.262. The third-order valence-electron chi connectivity index (χ3n) is 8.78. The Morgan fingerprint density at radius 3 is 2.02 bits per heavy atom. The maximum atomic E-state index is 5.31. The molecule has 4 aromatic heterocycles. The van der Waals surface area contributed by atoms with E-state index >= 15 is 0 Å². The van der Waals surface area contributed by atoms with Gasteiger partial charge in [-0.1, -0.05) is 105 Å². The van der Waals surface area contributed by atoms with Gasteiger partial charge in [0, 0.05) is 45.3 Å². The van der Waals surface area contributed by atoms with Crippen LogP contribution in [0.2, 0.25) is 0 Å². The maximum absolute atomic E-state index is 5.31. The number of hydrogen-bond acceptors (Lipinski definition) is 3. The molecule has 0 unspecified atom stereocenters. The molecule has 0 saturated carbocycles. The lowest BCUT2D eigenvalue weighted by Gasteiger charge is -2.27. The van der Waals surface area contributed by atoms with E-state index in [9.17, 15) is 0 Å². The van der Waals surface area contributed by atoms with Crippen molar-refractivity contribution in [2.75, 3.05) is 0 Å². The van der Waals surface area contributed by atoms with Crippen molar-refractivity contribution in [2.45, 2.75) is 19.3 Å². The highest BCUT2D eigenvalue weighted by atomic mass is 15.0. The van der Waals surface area contributed by atoms with E-state index in [1.54, 1.807) is 0 Å². The van der Waals surface area contributed by atoms with Crippen molar-refractivity contribution in [3.63, 3.8) is 0 Å². The van der Waals surface area contributed by atoms with E-state index < -0.39 is 0 Å². The molecule has 0 amide bonds. The highest BCUT2D eigenvalue weighted by molar-refractivity contribution is 6.11. The Hall–Kier alpha value is -5.61. The van der Waals surface area contributed by atoms with Gasteiger partial charge in [0.05, 0.1) is 28.1 Å². The van der Waals surface area contributed by atoms with E-state index in [0.29, 0.717) is 0 Å². The first kappa shape index (κ1) is 26.1. The van der Waals surface area contributed by atoms with Crippen LogP contribution >= 0.6 is 0 Å². The lowest BCUT2D eigenvalue weighted by Crippen LogP contribution is -2.19. The van der Waals surface area contributed by atoms with Gasteiger partial charge in [-0.25, -0.2) is 4.98 Å². The number of pyridine rings is 3. The minimum Gasteiger partial charge on any atom is -0.291 e. The van der Waals surface area contributed by atoms with Crippen LogP contribution < -0.4 is 0 Å². The molecule has 0 N–H and O–H groups in total. The van der Waals surface area contributed by atoms with Crippen molar-refractivity contribution in [3.05, 3.63) is 157 Å². The van der Waals surface area contributed by atoms with Crippen molar-refractivity contribution in [1.82, 2.24) is 19.4 Å². The molecule has 0 bridgehead atoms. The zero-order chi connectivity index (χ0) is 29.7. The van der Waals surface area contributed by atoms with E-state index in [2.05, 4.69) is 132 Å². The van der Waals surface area contributed by atoms with Gasteiger partial charge in [0.15, 0.2) is 0 Å². The zero-order valence-corrected chi connectivity index (χ0v) is 24.6. The largest absolute Gasteiger partial charge is 0.291 e. The number of hydrogen-bond donors (Lipinski definition) is 0. The summed E-state index contributed by atoms with van der Waals surface area (Å²) in [6.45, 7) is 4.58. The van der Waals surface area contributed by atoms with Crippen LogP contribution in [0.15, 0.2) is 146 Å². The van der Waals surface area contributed by atoms with Crippen molar-refractivity contribution in [1.29, 1.82) is 0 Å². The van der Waals surface area contributed by atoms with Gasteiger partial charge in [-0.05, 0) is 53.6 Å². The summed E-state index contributed by atoms with van der Waals surface area (Å²) in [7, 11) is 0. The SMILES string of the molecule is CC(C)(c1cccc(-c2ccccn2)c1)c1ccc2c(c1)c1ncccc1c1nc(-c3ccccc3)c(-c3ccccc3)n21. The molecule has 8 rings (SSSR count). The topological polar surface area (TPSA) is 43.1 Å². The Bertz CT molecular complexity index is 2290. The van der Waals surface area contributed by atoms with Crippen LogP contribution in [0.4, 0.5) is 0 Å². The van der Waals surface area contributed by atoms with Crippen LogP contribution in [0.1, 0.15) is 25.0 Å². The second-order valence-electron chi connectivity index (χ2n) is 11.8. The van der Waals surface area contributed by atoms with Gasteiger partial charge in [0.1, 0.15) is 5.65 Å². The van der Waals surface area contributed by atoms with Crippen LogP contribution in [-0.4, -0.2) is 19.4 Å². The molecule has 0 aliphatic rings. The summed E-state index contributed by atoms with van der Waals surface area (Å²) in [5.41, 5.74) is 11.5.